The molecular weight excluding hydrogens is 382 g/mol. The van der Waals surface area contributed by atoms with Crippen LogP contribution in [-0.2, 0) is 15.2 Å². The second-order valence-electron chi connectivity index (χ2n) is 5.48. The monoisotopic (exact) mass is 396 g/mol. The Kier molecular flexibility index (Phi) is 5.73. The molecule has 1 amide bonds. The standard InChI is InChI=1S/C16H14F6N2O3/c17-15(18,19)8-26-10-5-6-14(24-7-10,27-9-16(20,21)22)12-4-2-1-3-11(12)13(23)25/h1-7,24H,8-9H2,(H2,23,25). The van der Waals surface area contributed by atoms with Gasteiger partial charge in [0.15, 0.2) is 12.3 Å². The van der Waals surface area contributed by atoms with E-state index in [0.29, 0.717) is 0 Å². The van der Waals surface area contributed by atoms with Gasteiger partial charge < -0.3 is 20.5 Å². The third-order valence-electron chi connectivity index (χ3n) is 3.37. The summed E-state index contributed by atoms with van der Waals surface area (Å²) >= 11 is 0. The number of carbonyl (C=O) groups is 1. The van der Waals surface area contributed by atoms with Gasteiger partial charge in [0.1, 0.15) is 12.4 Å². The molecule has 0 aromatic heterocycles. The molecule has 1 aromatic carbocycles. The number of hydrogen-bond donors (Lipinski definition) is 2. The molecule has 0 fully saturated rings. The Balaban J connectivity index is 2.34. The lowest BCUT2D eigenvalue weighted by molar-refractivity contribution is -0.203. The Hall–Kier alpha value is -2.69. The molecule has 3 N–H and O–H groups in total. The number of benzene rings is 1. The predicted molar refractivity (Wildman–Crippen MR) is 81.0 cm³/mol. The van der Waals surface area contributed by atoms with Crippen molar-refractivity contribution >= 4 is 5.91 Å². The van der Waals surface area contributed by atoms with Crippen molar-refractivity contribution in [2.24, 2.45) is 5.73 Å². The first-order valence-corrected chi connectivity index (χ1v) is 7.38. The minimum atomic E-state index is -4.69. The Morgan fingerprint density at radius 2 is 1.70 bits per heavy atom. The van der Waals surface area contributed by atoms with Gasteiger partial charge in [-0.3, -0.25) is 4.79 Å². The first-order chi connectivity index (χ1) is 12.4. The van der Waals surface area contributed by atoms with Crippen LogP contribution in [0.3, 0.4) is 0 Å². The van der Waals surface area contributed by atoms with E-state index in [9.17, 15) is 31.1 Å². The molecule has 1 unspecified atom stereocenters. The molecule has 0 radical (unpaired) electrons. The molecule has 27 heavy (non-hydrogen) atoms. The molecule has 1 aliphatic rings. The summed E-state index contributed by atoms with van der Waals surface area (Å²) in [6, 6.07) is 5.48. The van der Waals surface area contributed by atoms with Gasteiger partial charge in [-0.15, -0.1) is 0 Å². The van der Waals surface area contributed by atoms with Crippen molar-refractivity contribution in [3.8, 4) is 0 Å². The highest BCUT2D eigenvalue weighted by Gasteiger charge is 2.40. The highest BCUT2D eigenvalue weighted by molar-refractivity contribution is 5.94. The molecule has 1 aliphatic heterocycles. The van der Waals surface area contributed by atoms with Gasteiger partial charge in [0, 0.05) is 17.3 Å². The maximum absolute atomic E-state index is 12.7. The van der Waals surface area contributed by atoms with Gasteiger partial charge in [-0.25, -0.2) is 0 Å². The third-order valence-corrected chi connectivity index (χ3v) is 3.37. The summed E-state index contributed by atoms with van der Waals surface area (Å²) in [7, 11) is 0. The van der Waals surface area contributed by atoms with Crippen LogP contribution in [0.25, 0.3) is 0 Å². The number of allylic oxidation sites excluding steroid dienone is 1. The molecule has 2 rings (SSSR count). The summed E-state index contributed by atoms with van der Waals surface area (Å²) in [6.45, 7) is -3.27. The van der Waals surface area contributed by atoms with Gasteiger partial charge in [0.05, 0.1) is 0 Å². The Morgan fingerprint density at radius 3 is 2.22 bits per heavy atom. The minimum Gasteiger partial charge on any atom is -0.483 e. The van der Waals surface area contributed by atoms with E-state index in [2.05, 4.69) is 10.1 Å². The fourth-order valence-electron chi connectivity index (χ4n) is 2.28. The lowest BCUT2D eigenvalue weighted by atomic mass is 9.94. The van der Waals surface area contributed by atoms with E-state index >= 15 is 0 Å². The van der Waals surface area contributed by atoms with Crippen molar-refractivity contribution in [1.82, 2.24) is 5.32 Å². The van der Waals surface area contributed by atoms with Crippen molar-refractivity contribution in [3.63, 3.8) is 0 Å². The molecule has 0 spiro atoms. The predicted octanol–water partition coefficient (Wildman–Crippen LogP) is 3.10. The second-order valence-corrected chi connectivity index (χ2v) is 5.48. The number of hydrogen-bond acceptors (Lipinski definition) is 4. The highest BCUT2D eigenvalue weighted by atomic mass is 19.4. The van der Waals surface area contributed by atoms with Crippen LogP contribution in [0.15, 0.2) is 48.4 Å². The number of amides is 1. The van der Waals surface area contributed by atoms with E-state index in [4.69, 9.17) is 10.5 Å². The average molecular weight is 396 g/mol. The molecular formula is C16H14F6N2O3. The number of carbonyl (C=O) groups excluding carboxylic acids is 1. The van der Waals surface area contributed by atoms with Crippen LogP contribution in [-0.4, -0.2) is 31.5 Å². The van der Waals surface area contributed by atoms with E-state index in [1.54, 1.807) is 0 Å². The summed E-state index contributed by atoms with van der Waals surface area (Å²) in [5.74, 6) is -1.20. The zero-order valence-corrected chi connectivity index (χ0v) is 13.5. The SMILES string of the molecule is NC(=O)c1ccccc1C1(OCC(F)(F)F)C=CC(OCC(F)(F)F)=CN1. The van der Waals surface area contributed by atoms with Crippen molar-refractivity contribution in [2.75, 3.05) is 13.2 Å². The fraction of sp³-hybridized carbons (Fsp3) is 0.312. The molecule has 5 nitrogen and oxygen atoms in total. The van der Waals surface area contributed by atoms with Gasteiger partial charge >= 0.3 is 12.4 Å². The van der Waals surface area contributed by atoms with Crippen molar-refractivity contribution in [2.45, 2.75) is 18.1 Å². The van der Waals surface area contributed by atoms with Crippen LogP contribution >= 0.6 is 0 Å². The number of dihydropyridines is 1. The van der Waals surface area contributed by atoms with Crippen LogP contribution in [0.4, 0.5) is 26.3 Å². The molecule has 11 heteroatoms. The number of primary amides is 1. The van der Waals surface area contributed by atoms with Gasteiger partial charge in [-0.2, -0.15) is 26.3 Å². The molecule has 0 saturated heterocycles. The lowest BCUT2D eigenvalue weighted by Crippen LogP contribution is -2.45. The first kappa shape index (κ1) is 20.6. The van der Waals surface area contributed by atoms with Crippen LogP contribution in [0, 0.1) is 0 Å². The third kappa shape index (κ3) is 5.64. The van der Waals surface area contributed by atoms with E-state index in [1.807, 2.05) is 0 Å². The van der Waals surface area contributed by atoms with Crippen molar-refractivity contribution < 1.29 is 40.6 Å². The smallest absolute Gasteiger partial charge is 0.422 e. The van der Waals surface area contributed by atoms with Crippen molar-refractivity contribution in [3.05, 3.63) is 59.5 Å². The Labute approximate surface area is 149 Å². The number of halogens is 6. The normalized spacial score (nSPS) is 20.0. The maximum Gasteiger partial charge on any atom is 0.422 e. The maximum atomic E-state index is 12.7. The quantitative estimate of drug-likeness (QED) is 0.725. The Bertz CT molecular complexity index is 757. The van der Waals surface area contributed by atoms with Gasteiger partial charge in [-0.05, 0) is 18.2 Å². The number of nitrogens with one attached hydrogen (secondary N) is 1. The topological polar surface area (TPSA) is 73.6 Å². The molecule has 1 aromatic rings. The highest BCUT2D eigenvalue weighted by Crippen LogP contribution is 2.33. The summed E-state index contributed by atoms with van der Waals surface area (Å²) in [6.07, 6.45) is -6.34. The molecule has 0 bridgehead atoms. The Morgan fingerprint density at radius 1 is 1.07 bits per heavy atom. The number of ether oxygens (including phenoxy) is 2. The summed E-state index contributed by atoms with van der Waals surface area (Å²) in [4.78, 5) is 11.6. The lowest BCUT2D eigenvalue weighted by Gasteiger charge is -2.35. The number of alkyl halides is 6. The van der Waals surface area contributed by atoms with Crippen LogP contribution in [0.2, 0.25) is 0 Å². The van der Waals surface area contributed by atoms with E-state index in [0.717, 1.165) is 18.4 Å². The van der Waals surface area contributed by atoms with Crippen LogP contribution in [0.5, 0.6) is 0 Å². The number of nitrogens with two attached hydrogens (primary N) is 1. The largest absolute Gasteiger partial charge is 0.483 e. The molecule has 1 atom stereocenters. The molecule has 148 valence electrons. The van der Waals surface area contributed by atoms with Gasteiger partial charge in [-0.1, -0.05) is 18.2 Å². The average Bonchev–Trinajstić information content (AvgIpc) is 2.58. The van der Waals surface area contributed by atoms with E-state index in [1.165, 1.54) is 24.3 Å². The molecule has 1 heterocycles. The summed E-state index contributed by atoms with van der Waals surface area (Å²) < 4.78 is 84.1. The fourth-order valence-corrected chi connectivity index (χ4v) is 2.28. The molecule has 0 aliphatic carbocycles. The minimum absolute atomic E-state index is 0.0379. The summed E-state index contributed by atoms with van der Waals surface area (Å²) in [5.41, 5.74) is 3.11. The van der Waals surface area contributed by atoms with Crippen LogP contribution < -0.4 is 11.1 Å². The summed E-state index contributed by atoms with van der Waals surface area (Å²) in [5, 5.41) is 2.43. The first-order valence-electron chi connectivity index (χ1n) is 7.38. The number of rotatable bonds is 6. The van der Waals surface area contributed by atoms with E-state index in [-0.39, 0.29) is 16.9 Å². The van der Waals surface area contributed by atoms with Gasteiger partial charge in [0.25, 0.3) is 0 Å². The van der Waals surface area contributed by atoms with Gasteiger partial charge in [0.2, 0.25) is 5.91 Å². The van der Waals surface area contributed by atoms with Crippen LogP contribution in [0.1, 0.15) is 15.9 Å². The van der Waals surface area contributed by atoms with E-state index < -0.39 is 37.2 Å². The van der Waals surface area contributed by atoms with Crippen molar-refractivity contribution in [1.29, 1.82) is 0 Å². The second kappa shape index (κ2) is 7.51. The molecule has 0 saturated carbocycles. The zero-order valence-electron chi connectivity index (χ0n) is 13.5. The zero-order chi connectivity index (χ0) is 20.3.